The lowest BCUT2D eigenvalue weighted by Gasteiger charge is -2.06. The van der Waals surface area contributed by atoms with Crippen molar-refractivity contribution in [2.24, 2.45) is 5.14 Å². The van der Waals surface area contributed by atoms with E-state index < -0.39 is 28.5 Å². The summed E-state index contributed by atoms with van der Waals surface area (Å²) >= 11 is 0. The normalized spacial score (nSPS) is 11.3. The number of fused-ring (bicyclic) bond motifs is 1. The first-order valence-corrected chi connectivity index (χ1v) is 9.92. The van der Waals surface area contributed by atoms with Crippen LogP contribution in [0.3, 0.4) is 0 Å². The maximum Gasteiger partial charge on any atom is 0.374 e. The molecule has 0 saturated carbocycles. The van der Waals surface area contributed by atoms with Crippen LogP contribution in [0.1, 0.15) is 16.1 Å². The summed E-state index contributed by atoms with van der Waals surface area (Å²) in [4.78, 5) is 23.8. The van der Waals surface area contributed by atoms with Gasteiger partial charge in [-0.25, -0.2) is 18.4 Å². The first-order valence-electron chi connectivity index (χ1n) is 8.37. The van der Waals surface area contributed by atoms with Crippen molar-refractivity contribution in [3.8, 4) is 0 Å². The van der Waals surface area contributed by atoms with Crippen molar-refractivity contribution in [2.45, 2.75) is 11.3 Å². The molecular weight excluding hydrogens is 384 g/mol. The molecule has 1 amide bonds. The van der Waals surface area contributed by atoms with Crippen LogP contribution in [-0.2, 0) is 26.0 Å². The van der Waals surface area contributed by atoms with Crippen LogP contribution in [0.15, 0.2) is 63.9 Å². The molecule has 0 saturated heterocycles. The van der Waals surface area contributed by atoms with E-state index in [1.54, 1.807) is 36.4 Å². The molecule has 1 heterocycles. The zero-order valence-corrected chi connectivity index (χ0v) is 15.6. The summed E-state index contributed by atoms with van der Waals surface area (Å²) in [6.07, 6.45) is 0.480. The van der Waals surface area contributed by atoms with Crippen LogP contribution in [0.2, 0.25) is 0 Å². The smallest absolute Gasteiger partial charge is 0.374 e. The van der Waals surface area contributed by atoms with Gasteiger partial charge in [-0.15, -0.1) is 0 Å². The average Bonchev–Trinajstić information content (AvgIpc) is 3.10. The number of rotatable bonds is 7. The minimum absolute atomic E-state index is 0.0257. The molecule has 0 radical (unpaired) electrons. The molecule has 0 aliphatic rings. The number of nitrogens with two attached hydrogens (primary N) is 1. The van der Waals surface area contributed by atoms with Gasteiger partial charge in [-0.3, -0.25) is 4.79 Å². The summed E-state index contributed by atoms with van der Waals surface area (Å²) in [5.74, 6) is -1.14. The van der Waals surface area contributed by atoms with E-state index in [2.05, 4.69) is 5.32 Å². The van der Waals surface area contributed by atoms with Gasteiger partial charge in [0.25, 0.3) is 5.91 Å². The largest absolute Gasteiger partial charge is 0.450 e. The molecule has 0 unspecified atom stereocenters. The van der Waals surface area contributed by atoms with Crippen molar-refractivity contribution >= 4 is 32.9 Å². The molecule has 0 fully saturated rings. The van der Waals surface area contributed by atoms with E-state index in [4.69, 9.17) is 14.3 Å². The van der Waals surface area contributed by atoms with E-state index in [-0.39, 0.29) is 10.7 Å². The van der Waals surface area contributed by atoms with Crippen LogP contribution in [0.4, 0.5) is 0 Å². The average molecular weight is 402 g/mol. The fourth-order valence-electron chi connectivity index (χ4n) is 2.53. The number of hydrogen-bond donors (Lipinski definition) is 2. The van der Waals surface area contributed by atoms with E-state index in [1.807, 2.05) is 6.07 Å². The quantitative estimate of drug-likeness (QED) is 0.578. The Morgan fingerprint density at radius 2 is 1.79 bits per heavy atom. The van der Waals surface area contributed by atoms with Gasteiger partial charge in [-0.05, 0) is 36.2 Å². The molecule has 3 N–H and O–H groups in total. The minimum Gasteiger partial charge on any atom is -0.450 e. The molecule has 9 heteroatoms. The number of para-hydroxylation sites is 1. The molecule has 3 rings (SSSR count). The number of sulfonamides is 1. The second kappa shape index (κ2) is 8.24. The van der Waals surface area contributed by atoms with Crippen LogP contribution >= 0.6 is 0 Å². The number of carbonyl (C=O) groups is 2. The van der Waals surface area contributed by atoms with E-state index in [1.165, 1.54) is 12.1 Å². The van der Waals surface area contributed by atoms with Crippen molar-refractivity contribution in [1.82, 2.24) is 5.32 Å². The number of esters is 1. The van der Waals surface area contributed by atoms with Crippen molar-refractivity contribution in [3.63, 3.8) is 0 Å². The number of ether oxygens (including phenoxy) is 1. The molecule has 0 aliphatic carbocycles. The Morgan fingerprint density at radius 3 is 2.46 bits per heavy atom. The third kappa shape index (κ3) is 4.96. The Labute approximate surface area is 161 Å². The molecule has 28 heavy (non-hydrogen) atoms. The Hall–Kier alpha value is -3.17. The third-order valence-electron chi connectivity index (χ3n) is 3.95. The second-order valence-electron chi connectivity index (χ2n) is 6.01. The standard InChI is InChI=1S/C19H18N2O6S/c20-28(24,25)15-7-5-13(6-8-15)9-10-21-18(22)12-26-19(23)17-11-14-3-1-2-4-16(14)27-17/h1-8,11H,9-10,12H2,(H,21,22)(H2,20,24,25). The molecule has 146 valence electrons. The lowest BCUT2D eigenvalue weighted by molar-refractivity contribution is -0.124. The van der Waals surface area contributed by atoms with Gasteiger partial charge >= 0.3 is 5.97 Å². The van der Waals surface area contributed by atoms with Gasteiger partial charge in [0, 0.05) is 11.9 Å². The predicted octanol–water partition coefficient (Wildman–Crippen LogP) is 1.60. The highest BCUT2D eigenvalue weighted by Crippen LogP contribution is 2.19. The molecule has 0 spiro atoms. The van der Waals surface area contributed by atoms with Gasteiger partial charge in [0.1, 0.15) is 5.58 Å². The van der Waals surface area contributed by atoms with Crippen molar-refractivity contribution in [2.75, 3.05) is 13.2 Å². The molecule has 0 atom stereocenters. The molecule has 8 nitrogen and oxygen atoms in total. The molecule has 2 aromatic carbocycles. The Bertz CT molecular complexity index is 1070. The zero-order chi connectivity index (χ0) is 20.1. The lowest BCUT2D eigenvalue weighted by atomic mass is 10.1. The molecule has 3 aromatic rings. The van der Waals surface area contributed by atoms with Gasteiger partial charge < -0.3 is 14.5 Å². The minimum atomic E-state index is -3.73. The first kappa shape index (κ1) is 19.6. The van der Waals surface area contributed by atoms with Crippen LogP contribution in [0, 0.1) is 0 Å². The number of carbonyl (C=O) groups excluding carboxylic acids is 2. The van der Waals surface area contributed by atoms with Gasteiger partial charge in [0.15, 0.2) is 6.61 Å². The van der Waals surface area contributed by atoms with E-state index >= 15 is 0 Å². The zero-order valence-electron chi connectivity index (χ0n) is 14.8. The summed E-state index contributed by atoms with van der Waals surface area (Å²) in [5.41, 5.74) is 1.39. The van der Waals surface area contributed by atoms with E-state index in [0.29, 0.717) is 18.5 Å². The maximum absolute atomic E-state index is 12.0. The van der Waals surface area contributed by atoms with Crippen molar-refractivity contribution < 1.29 is 27.2 Å². The summed E-state index contributed by atoms with van der Waals surface area (Å²) in [5, 5.41) is 8.43. The lowest BCUT2D eigenvalue weighted by Crippen LogP contribution is -2.30. The highest BCUT2D eigenvalue weighted by Gasteiger charge is 2.15. The monoisotopic (exact) mass is 402 g/mol. The molecule has 0 bridgehead atoms. The number of primary sulfonamides is 1. The predicted molar refractivity (Wildman–Crippen MR) is 101 cm³/mol. The number of hydrogen-bond acceptors (Lipinski definition) is 6. The second-order valence-corrected chi connectivity index (χ2v) is 7.57. The highest BCUT2D eigenvalue weighted by atomic mass is 32.2. The number of benzene rings is 2. The highest BCUT2D eigenvalue weighted by molar-refractivity contribution is 7.89. The van der Waals surface area contributed by atoms with Gasteiger partial charge in [0.2, 0.25) is 15.8 Å². The van der Waals surface area contributed by atoms with Crippen LogP contribution < -0.4 is 10.5 Å². The summed E-state index contributed by atoms with van der Waals surface area (Å²) in [6.45, 7) is -0.129. The number of nitrogens with one attached hydrogen (secondary N) is 1. The van der Waals surface area contributed by atoms with Crippen LogP contribution in [0.5, 0.6) is 0 Å². The Morgan fingerprint density at radius 1 is 1.07 bits per heavy atom. The molecular formula is C19H18N2O6S. The maximum atomic E-state index is 12.0. The van der Waals surface area contributed by atoms with Gasteiger partial charge in [-0.1, -0.05) is 30.3 Å². The van der Waals surface area contributed by atoms with Crippen LogP contribution in [0.25, 0.3) is 11.0 Å². The van der Waals surface area contributed by atoms with Gasteiger partial charge in [0.05, 0.1) is 4.90 Å². The fraction of sp³-hybridized carbons (Fsp3) is 0.158. The summed E-state index contributed by atoms with van der Waals surface area (Å²) < 4.78 is 32.7. The van der Waals surface area contributed by atoms with Crippen molar-refractivity contribution in [3.05, 3.63) is 65.9 Å². The van der Waals surface area contributed by atoms with E-state index in [0.717, 1.165) is 10.9 Å². The molecule has 0 aliphatic heterocycles. The fourth-order valence-corrected chi connectivity index (χ4v) is 3.04. The van der Waals surface area contributed by atoms with E-state index in [9.17, 15) is 18.0 Å². The Kier molecular flexibility index (Phi) is 5.76. The van der Waals surface area contributed by atoms with Crippen LogP contribution in [-0.4, -0.2) is 33.4 Å². The Balaban J connectivity index is 1.43. The third-order valence-corrected chi connectivity index (χ3v) is 4.88. The summed E-state index contributed by atoms with van der Waals surface area (Å²) in [6, 6.07) is 14.7. The molecule has 1 aromatic heterocycles. The SMILES string of the molecule is NS(=O)(=O)c1ccc(CCNC(=O)COC(=O)c2cc3ccccc3o2)cc1. The van der Waals surface area contributed by atoms with Gasteiger partial charge in [-0.2, -0.15) is 0 Å². The summed E-state index contributed by atoms with van der Waals surface area (Å²) in [7, 11) is -3.73. The van der Waals surface area contributed by atoms with Crippen molar-refractivity contribution in [1.29, 1.82) is 0 Å². The topological polar surface area (TPSA) is 129 Å². The number of furan rings is 1. The number of amides is 1. The first-order chi connectivity index (χ1) is 13.3.